The van der Waals surface area contributed by atoms with Crippen LogP contribution in [0.3, 0.4) is 0 Å². The summed E-state index contributed by atoms with van der Waals surface area (Å²) in [4.78, 5) is 35.7. The molecule has 0 aliphatic carbocycles. The fraction of sp³-hybridized carbons (Fsp3) is 0.263. The third-order valence-corrected chi connectivity index (χ3v) is 4.20. The fourth-order valence-electron chi connectivity index (χ4n) is 2.72. The number of ether oxygens (including phenoxy) is 2. The van der Waals surface area contributed by atoms with Gasteiger partial charge in [0.1, 0.15) is 5.75 Å². The van der Waals surface area contributed by atoms with Gasteiger partial charge in [-0.25, -0.2) is 0 Å². The van der Waals surface area contributed by atoms with E-state index in [1.54, 1.807) is 37.4 Å². The van der Waals surface area contributed by atoms with Gasteiger partial charge < -0.3 is 19.7 Å². The number of rotatable bonds is 7. The molecule has 146 valence electrons. The summed E-state index contributed by atoms with van der Waals surface area (Å²) in [6, 6.07) is 11.2. The highest BCUT2D eigenvalue weighted by atomic mass is 16.6. The van der Waals surface area contributed by atoms with Gasteiger partial charge in [-0.3, -0.25) is 19.7 Å². The predicted molar refractivity (Wildman–Crippen MR) is 102 cm³/mol. The van der Waals surface area contributed by atoms with Crippen molar-refractivity contribution in [1.29, 1.82) is 0 Å². The van der Waals surface area contributed by atoms with Gasteiger partial charge in [0.05, 0.1) is 17.2 Å². The van der Waals surface area contributed by atoms with Crippen LogP contribution in [0.4, 0.5) is 17.1 Å². The van der Waals surface area contributed by atoms with Gasteiger partial charge in [0.15, 0.2) is 12.4 Å². The Hall–Kier alpha value is -3.62. The van der Waals surface area contributed by atoms with E-state index < -0.39 is 4.92 Å². The largest absolute Gasteiger partial charge is 0.487 e. The van der Waals surface area contributed by atoms with Crippen molar-refractivity contribution in [1.82, 2.24) is 0 Å². The molecular formula is C19H19N3O6. The summed E-state index contributed by atoms with van der Waals surface area (Å²) < 4.78 is 10.8. The average molecular weight is 385 g/mol. The predicted octanol–water partition coefficient (Wildman–Crippen LogP) is 2.75. The van der Waals surface area contributed by atoms with Crippen molar-refractivity contribution in [3.63, 3.8) is 0 Å². The average Bonchev–Trinajstić information content (AvgIpc) is 2.68. The molecule has 0 fully saturated rings. The van der Waals surface area contributed by atoms with E-state index in [1.165, 1.54) is 17.0 Å². The number of anilines is 2. The number of likely N-dealkylation sites (N-methyl/N-ethyl adjacent to an activating group) is 1. The van der Waals surface area contributed by atoms with Crippen molar-refractivity contribution in [2.45, 2.75) is 12.8 Å². The van der Waals surface area contributed by atoms with Crippen molar-refractivity contribution >= 4 is 28.9 Å². The van der Waals surface area contributed by atoms with Crippen LogP contribution in [0, 0.1) is 10.1 Å². The Morgan fingerprint density at radius 3 is 2.89 bits per heavy atom. The van der Waals surface area contributed by atoms with E-state index >= 15 is 0 Å². The summed E-state index contributed by atoms with van der Waals surface area (Å²) in [6.07, 6.45) is 0.577. The Bertz CT molecular complexity index is 914. The van der Waals surface area contributed by atoms with Crippen LogP contribution in [-0.4, -0.2) is 37.0 Å². The van der Waals surface area contributed by atoms with Crippen molar-refractivity contribution < 1.29 is 24.0 Å². The Morgan fingerprint density at radius 2 is 2.11 bits per heavy atom. The molecule has 0 saturated heterocycles. The van der Waals surface area contributed by atoms with Gasteiger partial charge >= 0.3 is 5.69 Å². The minimum Gasteiger partial charge on any atom is -0.487 e. The van der Waals surface area contributed by atoms with E-state index in [0.717, 1.165) is 0 Å². The van der Waals surface area contributed by atoms with Crippen molar-refractivity contribution in [2.75, 3.05) is 30.5 Å². The van der Waals surface area contributed by atoms with E-state index in [4.69, 9.17) is 9.47 Å². The third-order valence-electron chi connectivity index (χ3n) is 4.20. The monoisotopic (exact) mass is 385 g/mol. The normalized spacial score (nSPS) is 12.8. The Labute approximate surface area is 161 Å². The summed E-state index contributed by atoms with van der Waals surface area (Å²) in [5.74, 6) is 0.369. The molecule has 1 aliphatic heterocycles. The number of amides is 2. The zero-order chi connectivity index (χ0) is 20.1. The number of nitro groups is 1. The van der Waals surface area contributed by atoms with Crippen LogP contribution >= 0.6 is 0 Å². The first-order valence-electron chi connectivity index (χ1n) is 8.65. The molecule has 2 aromatic carbocycles. The Kier molecular flexibility index (Phi) is 5.73. The summed E-state index contributed by atoms with van der Waals surface area (Å²) in [6.45, 7) is 0.169. The van der Waals surface area contributed by atoms with Crippen molar-refractivity contribution in [3.05, 3.63) is 52.6 Å². The molecule has 1 aliphatic rings. The molecule has 9 heteroatoms. The molecule has 0 atom stereocenters. The van der Waals surface area contributed by atoms with E-state index in [9.17, 15) is 19.7 Å². The molecule has 0 unspecified atom stereocenters. The molecule has 1 heterocycles. The number of nitro benzene ring substituents is 1. The SMILES string of the molecule is CN1C(=O)COc2ccc(NC(=O)CCCOc3ccccc3[N+](=O)[O-])cc21. The van der Waals surface area contributed by atoms with Crippen LogP contribution in [0.1, 0.15) is 12.8 Å². The van der Waals surface area contributed by atoms with Crippen molar-refractivity contribution in [2.24, 2.45) is 0 Å². The van der Waals surface area contributed by atoms with Crippen LogP contribution in [0.5, 0.6) is 11.5 Å². The van der Waals surface area contributed by atoms with Gasteiger partial charge in [-0.05, 0) is 30.7 Å². The van der Waals surface area contributed by atoms with Crippen LogP contribution < -0.4 is 19.7 Å². The van der Waals surface area contributed by atoms with Crippen LogP contribution in [-0.2, 0) is 9.59 Å². The third kappa shape index (κ3) is 4.37. The summed E-state index contributed by atoms with van der Waals surface area (Å²) in [7, 11) is 1.65. The van der Waals surface area contributed by atoms with Crippen LogP contribution in [0.15, 0.2) is 42.5 Å². The van der Waals surface area contributed by atoms with E-state index in [0.29, 0.717) is 23.5 Å². The minimum atomic E-state index is -0.510. The highest BCUT2D eigenvalue weighted by molar-refractivity contribution is 5.99. The fourth-order valence-corrected chi connectivity index (χ4v) is 2.72. The smallest absolute Gasteiger partial charge is 0.310 e. The maximum atomic E-state index is 12.1. The van der Waals surface area contributed by atoms with Gasteiger partial charge in [-0.2, -0.15) is 0 Å². The molecule has 0 radical (unpaired) electrons. The maximum Gasteiger partial charge on any atom is 0.310 e. The number of hydrogen-bond acceptors (Lipinski definition) is 6. The molecule has 9 nitrogen and oxygen atoms in total. The van der Waals surface area contributed by atoms with Gasteiger partial charge in [-0.15, -0.1) is 0 Å². The lowest BCUT2D eigenvalue weighted by Crippen LogP contribution is -2.35. The van der Waals surface area contributed by atoms with E-state index in [1.807, 2.05) is 0 Å². The number of nitrogens with one attached hydrogen (secondary N) is 1. The topological polar surface area (TPSA) is 111 Å². The van der Waals surface area contributed by atoms with Crippen LogP contribution in [0.2, 0.25) is 0 Å². The molecule has 1 N–H and O–H groups in total. The van der Waals surface area contributed by atoms with Gasteiger partial charge in [0.2, 0.25) is 5.91 Å². The maximum absolute atomic E-state index is 12.1. The molecular weight excluding hydrogens is 366 g/mol. The number of carbonyl (C=O) groups excluding carboxylic acids is 2. The molecule has 0 spiro atoms. The highest BCUT2D eigenvalue weighted by Crippen LogP contribution is 2.33. The second kappa shape index (κ2) is 8.38. The number of benzene rings is 2. The first-order valence-corrected chi connectivity index (χ1v) is 8.65. The Morgan fingerprint density at radius 1 is 1.32 bits per heavy atom. The zero-order valence-electron chi connectivity index (χ0n) is 15.2. The number of hydrogen-bond donors (Lipinski definition) is 1. The number of carbonyl (C=O) groups is 2. The lowest BCUT2D eigenvalue weighted by Gasteiger charge is -2.26. The van der Waals surface area contributed by atoms with Gasteiger partial charge in [0.25, 0.3) is 5.91 Å². The lowest BCUT2D eigenvalue weighted by molar-refractivity contribution is -0.385. The van der Waals surface area contributed by atoms with Gasteiger partial charge in [0, 0.05) is 25.2 Å². The Balaban J connectivity index is 1.50. The van der Waals surface area contributed by atoms with Crippen LogP contribution in [0.25, 0.3) is 0 Å². The molecule has 3 rings (SSSR count). The molecule has 2 aromatic rings. The van der Waals surface area contributed by atoms with E-state index in [2.05, 4.69) is 5.32 Å². The molecule has 28 heavy (non-hydrogen) atoms. The molecule has 0 bridgehead atoms. The number of para-hydroxylation sites is 2. The molecule has 0 aromatic heterocycles. The lowest BCUT2D eigenvalue weighted by atomic mass is 10.2. The summed E-state index contributed by atoms with van der Waals surface area (Å²) in [5.41, 5.74) is 1.03. The second-order valence-corrected chi connectivity index (χ2v) is 6.15. The van der Waals surface area contributed by atoms with Gasteiger partial charge in [-0.1, -0.05) is 12.1 Å². The van der Waals surface area contributed by atoms with E-state index in [-0.39, 0.29) is 42.9 Å². The first kappa shape index (κ1) is 19.2. The number of fused-ring (bicyclic) bond motifs is 1. The number of nitrogens with zero attached hydrogens (tertiary/aromatic N) is 2. The minimum absolute atomic E-state index is 0.00518. The van der Waals surface area contributed by atoms with Crippen molar-refractivity contribution in [3.8, 4) is 11.5 Å². The molecule has 0 saturated carbocycles. The summed E-state index contributed by atoms with van der Waals surface area (Å²) in [5, 5.41) is 13.7. The standard InChI is InChI=1S/C19H19N3O6/c1-21-15-11-13(8-9-17(15)28-12-19(21)24)20-18(23)7-4-10-27-16-6-3-2-5-14(16)22(25)26/h2-3,5-6,8-9,11H,4,7,10,12H2,1H3,(H,20,23). The first-order chi connectivity index (χ1) is 13.5. The zero-order valence-corrected chi connectivity index (χ0v) is 15.2. The highest BCUT2D eigenvalue weighted by Gasteiger charge is 2.22. The quantitative estimate of drug-likeness (QED) is 0.446. The summed E-state index contributed by atoms with van der Waals surface area (Å²) >= 11 is 0. The second-order valence-electron chi connectivity index (χ2n) is 6.15. The molecule has 2 amide bonds.